The van der Waals surface area contributed by atoms with E-state index >= 15 is 0 Å². The molecule has 1 aliphatic carbocycles. The second-order valence-electron chi connectivity index (χ2n) is 5.11. The molecule has 2 nitrogen and oxygen atoms in total. The first-order valence-electron chi connectivity index (χ1n) is 6.63. The minimum Gasteiger partial charge on any atom is -0.219 e. The third-order valence-electron chi connectivity index (χ3n) is 3.94. The Kier molecular flexibility index (Phi) is 3.02. The van der Waals surface area contributed by atoms with E-state index in [1.165, 1.54) is 0 Å². The average Bonchev–Trinajstić information content (AvgIpc) is 2.73. The fourth-order valence-electron chi connectivity index (χ4n) is 2.98. The highest BCUT2D eigenvalue weighted by atomic mass is 32.2. The maximum atomic E-state index is 12.9. The van der Waals surface area contributed by atoms with Gasteiger partial charge in [-0.25, -0.2) is 8.42 Å². The maximum absolute atomic E-state index is 12.9. The molecule has 0 bridgehead atoms. The summed E-state index contributed by atoms with van der Waals surface area (Å²) in [5.41, 5.74) is 3.02. The predicted molar refractivity (Wildman–Crippen MR) is 81.1 cm³/mol. The maximum Gasteiger partial charge on any atom is 0.203 e. The summed E-state index contributed by atoms with van der Waals surface area (Å²) in [5.74, 6) is -0.0867. The molecule has 0 radical (unpaired) electrons. The lowest BCUT2D eigenvalue weighted by Gasteiger charge is -2.12. The summed E-state index contributed by atoms with van der Waals surface area (Å²) >= 11 is 0. The topological polar surface area (TPSA) is 34.1 Å². The van der Waals surface area contributed by atoms with Crippen molar-refractivity contribution in [2.75, 3.05) is 0 Å². The van der Waals surface area contributed by atoms with Gasteiger partial charge in [-0.2, -0.15) is 0 Å². The second-order valence-corrected chi connectivity index (χ2v) is 7.03. The molecule has 3 heteroatoms. The van der Waals surface area contributed by atoms with Crippen LogP contribution in [0.15, 0.2) is 64.4 Å². The molecule has 0 N–H and O–H groups in total. The quantitative estimate of drug-likeness (QED) is 0.835. The minimum absolute atomic E-state index is 0.0867. The number of hydrogen-bond acceptors (Lipinski definition) is 2. The van der Waals surface area contributed by atoms with Crippen molar-refractivity contribution in [2.24, 2.45) is 0 Å². The minimum atomic E-state index is -3.43. The third kappa shape index (κ3) is 1.81. The van der Waals surface area contributed by atoms with Crippen LogP contribution in [0, 0.1) is 0 Å². The van der Waals surface area contributed by atoms with Gasteiger partial charge in [0.25, 0.3) is 0 Å². The van der Waals surface area contributed by atoms with Gasteiger partial charge >= 0.3 is 0 Å². The van der Waals surface area contributed by atoms with Crippen LogP contribution in [0.2, 0.25) is 0 Å². The van der Waals surface area contributed by atoms with Crippen molar-refractivity contribution in [3.63, 3.8) is 0 Å². The van der Waals surface area contributed by atoms with Crippen LogP contribution < -0.4 is 0 Å². The predicted octanol–water partition coefficient (Wildman–Crippen LogP) is 4.01. The summed E-state index contributed by atoms with van der Waals surface area (Å²) in [4.78, 5) is 0.902. The van der Waals surface area contributed by atoms with Crippen molar-refractivity contribution in [2.45, 2.75) is 24.7 Å². The van der Waals surface area contributed by atoms with E-state index in [4.69, 9.17) is 0 Å². The molecule has 0 fully saturated rings. The molecule has 2 aromatic carbocycles. The molecule has 20 heavy (non-hydrogen) atoms. The molecule has 1 atom stereocenters. The molecule has 0 aliphatic heterocycles. The number of sulfone groups is 1. The van der Waals surface area contributed by atoms with Crippen LogP contribution in [0.5, 0.6) is 0 Å². The lowest BCUT2D eigenvalue weighted by molar-refractivity contribution is 0.599. The Balaban J connectivity index is 2.20. The van der Waals surface area contributed by atoms with Crippen molar-refractivity contribution in [1.29, 1.82) is 0 Å². The van der Waals surface area contributed by atoms with Crippen LogP contribution in [0.25, 0.3) is 5.57 Å². The van der Waals surface area contributed by atoms with Gasteiger partial charge in [0.15, 0.2) is 0 Å². The van der Waals surface area contributed by atoms with Gasteiger partial charge in [-0.05, 0) is 35.8 Å². The first-order chi connectivity index (χ1) is 9.53. The van der Waals surface area contributed by atoms with E-state index in [9.17, 15) is 8.42 Å². The average molecular weight is 284 g/mol. The molecule has 0 saturated heterocycles. The zero-order chi connectivity index (χ0) is 14.3. The molecule has 2 aromatic rings. The van der Waals surface area contributed by atoms with Gasteiger partial charge in [0.2, 0.25) is 9.84 Å². The molecule has 3 rings (SSSR count). The number of fused-ring (bicyclic) bond motifs is 1. The molecule has 0 heterocycles. The third-order valence-corrected chi connectivity index (χ3v) is 6.07. The summed E-state index contributed by atoms with van der Waals surface area (Å²) in [6.45, 7) is 3.86. The van der Waals surface area contributed by atoms with Crippen molar-refractivity contribution < 1.29 is 8.42 Å². The molecule has 0 saturated carbocycles. The van der Waals surface area contributed by atoms with Crippen molar-refractivity contribution >= 4 is 15.4 Å². The monoisotopic (exact) mass is 284 g/mol. The van der Waals surface area contributed by atoms with E-state index in [2.05, 4.69) is 0 Å². The number of allylic oxidation sites excluding steroid dienone is 2. The van der Waals surface area contributed by atoms with Crippen LogP contribution in [0.1, 0.15) is 30.9 Å². The number of benzene rings is 2. The molecule has 102 valence electrons. The summed E-state index contributed by atoms with van der Waals surface area (Å²) < 4.78 is 25.7. The lowest BCUT2D eigenvalue weighted by atomic mass is 10.0. The van der Waals surface area contributed by atoms with Gasteiger partial charge in [0.05, 0.1) is 9.80 Å². The van der Waals surface area contributed by atoms with Gasteiger partial charge < -0.3 is 0 Å². The fourth-order valence-corrected chi connectivity index (χ4v) is 4.85. The van der Waals surface area contributed by atoms with Gasteiger partial charge in [0.1, 0.15) is 0 Å². The van der Waals surface area contributed by atoms with Crippen molar-refractivity contribution in [3.8, 4) is 0 Å². The van der Waals surface area contributed by atoms with Gasteiger partial charge in [0, 0.05) is 5.92 Å². The first-order valence-corrected chi connectivity index (χ1v) is 8.12. The van der Waals surface area contributed by atoms with E-state index < -0.39 is 9.84 Å². The van der Waals surface area contributed by atoms with Crippen LogP contribution >= 0.6 is 0 Å². The fraction of sp³-hybridized carbons (Fsp3) is 0.176. The Morgan fingerprint density at radius 2 is 1.50 bits per heavy atom. The SMILES string of the molecule is CC1=C(S(=O)(=O)c2ccccc2)C(C)c2ccccc21. The smallest absolute Gasteiger partial charge is 0.203 e. The van der Waals surface area contributed by atoms with E-state index in [0.29, 0.717) is 9.80 Å². The van der Waals surface area contributed by atoms with E-state index in [0.717, 1.165) is 16.7 Å². The highest BCUT2D eigenvalue weighted by Crippen LogP contribution is 2.45. The highest BCUT2D eigenvalue weighted by molar-refractivity contribution is 7.95. The molecular weight excluding hydrogens is 268 g/mol. The highest BCUT2D eigenvalue weighted by Gasteiger charge is 2.34. The molecule has 0 aromatic heterocycles. The van der Waals surface area contributed by atoms with E-state index in [1.807, 2.05) is 44.2 Å². The Morgan fingerprint density at radius 3 is 2.15 bits per heavy atom. The zero-order valence-corrected chi connectivity index (χ0v) is 12.3. The first kappa shape index (κ1) is 13.1. The molecule has 0 spiro atoms. The summed E-state index contributed by atoms with van der Waals surface area (Å²) in [5, 5.41) is 0. The molecule has 1 unspecified atom stereocenters. The Labute approximate surface area is 119 Å². The summed E-state index contributed by atoms with van der Waals surface area (Å²) in [6, 6.07) is 16.6. The summed E-state index contributed by atoms with van der Waals surface area (Å²) in [6.07, 6.45) is 0. The van der Waals surface area contributed by atoms with Gasteiger partial charge in [-0.3, -0.25) is 0 Å². The zero-order valence-electron chi connectivity index (χ0n) is 11.5. The second kappa shape index (κ2) is 4.60. The van der Waals surface area contributed by atoms with Crippen molar-refractivity contribution in [3.05, 3.63) is 70.6 Å². The molecule has 1 aliphatic rings. The largest absolute Gasteiger partial charge is 0.219 e. The van der Waals surface area contributed by atoms with E-state index in [1.54, 1.807) is 24.3 Å². The molecule has 0 amide bonds. The summed E-state index contributed by atoms with van der Waals surface area (Å²) in [7, 11) is -3.43. The normalized spacial score (nSPS) is 18.2. The molecular formula is C17H16O2S. The Hall–Kier alpha value is -1.87. The number of rotatable bonds is 2. The Morgan fingerprint density at radius 1 is 0.900 bits per heavy atom. The van der Waals surface area contributed by atoms with Crippen LogP contribution in [0.3, 0.4) is 0 Å². The standard InChI is InChI=1S/C17H16O2S/c1-12-15-10-6-7-11-16(15)13(2)17(12)20(18,19)14-8-4-3-5-9-14/h3-12H,1-2H3. The van der Waals surface area contributed by atoms with Gasteiger partial charge in [-0.15, -0.1) is 0 Å². The van der Waals surface area contributed by atoms with Crippen molar-refractivity contribution in [1.82, 2.24) is 0 Å². The van der Waals surface area contributed by atoms with Crippen LogP contribution in [0.4, 0.5) is 0 Å². The Bertz CT molecular complexity index is 787. The van der Waals surface area contributed by atoms with E-state index in [-0.39, 0.29) is 5.92 Å². The number of hydrogen-bond donors (Lipinski definition) is 0. The van der Waals surface area contributed by atoms with Crippen LogP contribution in [-0.4, -0.2) is 8.42 Å². The van der Waals surface area contributed by atoms with Crippen LogP contribution in [-0.2, 0) is 9.84 Å². The van der Waals surface area contributed by atoms with Gasteiger partial charge in [-0.1, -0.05) is 49.4 Å². The lowest BCUT2D eigenvalue weighted by Crippen LogP contribution is -2.08.